The standard InChI is InChI=1S/C21H14Cl3F3N6O2/c22-11-2-1-10(9-5-6-33-14(7-9)31-20(28)32-33)16(25)15(11)19(35)29-8-21(26,27)17(34)13-4-3-12(23)18(24)30-13/h1-7,17,34H,8H2,(H2,28,32)(H,29,35)/t17-/m1/s1. The van der Waals surface area contributed by atoms with Gasteiger partial charge >= 0.3 is 0 Å². The van der Waals surface area contributed by atoms with E-state index in [1.807, 2.05) is 5.32 Å². The van der Waals surface area contributed by atoms with Crippen LogP contribution in [0.4, 0.5) is 19.1 Å². The Kier molecular flexibility index (Phi) is 6.78. The lowest BCUT2D eigenvalue weighted by Crippen LogP contribution is -2.41. The molecule has 0 aliphatic carbocycles. The average Bonchev–Trinajstić information content (AvgIpc) is 3.18. The molecule has 182 valence electrons. The van der Waals surface area contributed by atoms with Crippen LogP contribution in [-0.4, -0.2) is 43.1 Å². The molecule has 0 aliphatic rings. The predicted octanol–water partition coefficient (Wildman–Crippen LogP) is 4.57. The number of fused-ring (bicyclic) bond motifs is 1. The lowest BCUT2D eigenvalue weighted by Gasteiger charge is -2.23. The fourth-order valence-corrected chi connectivity index (χ4v) is 3.73. The minimum absolute atomic E-state index is 0.0101. The number of hydrogen-bond donors (Lipinski definition) is 3. The second-order valence-electron chi connectivity index (χ2n) is 7.33. The van der Waals surface area contributed by atoms with Gasteiger partial charge in [-0.3, -0.25) is 4.79 Å². The van der Waals surface area contributed by atoms with Gasteiger partial charge in [-0.25, -0.2) is 22.7 Å². The Morgan fingerprint density at radius 3 is 2.57 bits per heavy atom. The van der Waals surface area contributed by atoms with Gasteiger partial charge in [0.05, 0.1) is 27.8 Å². The zero-order valence-electron chi connectivity index (χ0n) is 17.3. The molecule has 35 heavy (non-hydrogen) atoms. The van der Waals surface area contributed by atoms with E-state index in [2.05, 4.69) is 15.1 Å². The van der Waals surface area contributed by atoms with E-state index in [4.69, 9.17) is 40.5 Å². The number of carbonyl (C=O) groups excluding carboxylic acids is 1. The molecule has 0 unspecified atom stereocenters. The van der Waals surface area contributed by atoms with E-state index < -0.39 is 41.6 Å². The molecule has 8 nitrogen and oxygen atoms in total. The zero-order chi connectivity index (χ0) is 25.5. The van der Waals surface area contributed by atoms with Crippen molar-refractivity contribution in [1.29, 1.82) is 0 Å². The zero-order valence-corrected chi connectivity index (χ0v) is 19.6. The molecule has 4 rings (SSSR count). The number of nitrogen functional groups attached to an aromatic ring is 1. The van der Waals surface area contributed by atoms with Gasteiger partial charge in [0.2, 0.25) is 5.95 Å². The van der Waals surface area contributed by atoms with Gasteiger partial charge in [0.1, 0.15) is 11.0 Å². The van der Waals surface area contributed by atoms with Crippen molar-refractivity contribution >= 4 is 52.3 Å². The molecule has 0 aliphatic heterocycles. The Hall–Kier alpha value is -3.12. The van der Waals surface area contributed by atoms with E-state index in [0.717, 1.165) is 6.07 Å². The number of aliphatic hydroxyl groups is 1. The Labute approximate surface area is 210 Å². The lowest BCUT2D eigenvalue weighted by molar-refractivity contribution is -0.108. The number of pyridine rings is 2. The lowest BCUT2D eigenvalue weighted by atomic mass is 10.0. The van der Waals surface area contributed by atoms with E-state index in [0.29, 0.717) is 11.2 Å². The summed E-state index contributed by atoms with van der Waals surface area (Å²) in [6.45, 7) is -1.35. The minimum atomic E-state index is -3.89. The largest absolute Gasteiger partial charge is 0.380 e. The van der Waals surface area contributed by atoms with Crippen LogP contribution in [0.15, 0.2) is 42.6 Å². The van der Waals surface area contributed by atoms with Crippen molar-refractivity contribution in [3.05, 3.63) is 74.9 Å². The number of benzene rings is 1. The molecule has 0 radical (unpaired) electrons. The van der Waals surface area contributed by atoms with Gasteiger partial charge in [0, 0.05) is 11.8 Å². The summed E-state index contributed by atoms with van der Waals surface area (Å²) in [5.74, 6) is -6.13. The van der Waals surface area contributed by atoms with Gasteiger partial charge in [-0.1, -0.05) is 34.8 Å². The molecule has 3 aromatic heterocycles. The predicted molar refractivity (Wildman–Crippen MR) is 124 cm³/mol. The highest BCUT2D eigenvalue weighted by molar-refractivity contribution is 6.41. The number of nitrogens with two attached hydrogens (primary N) is 1. The van der Waals surface area contributed by atoms with Gasteiger partial charge in [-0.15, -0.1) is 5.10 Å². The van der Waals surface area contributed by atoms with Gasteiger partial charge < -0.3 is 16.2 Å². The smallest absolute Gasteiger partial charge is 0.295 e. The summed E-state index contributed by atoms with van der Waals surface area (Å²) in [6, 6.07) is 7.82. The van der Waals surface area contributed by atoms with Crippen LogP contribution in [0.25, 0.3) is 16.8 Å². The highest BCUT2D eigenvalue weighted by Gasteiger charge is 2.41. The molecule has 0 saturated carbocycles. The first-order valence-electron chi connectivity index (χ1n) is 9.74. The molecule has 0 fully saturated rings. The second kappa shape index (κ2) is 9.50. The third-order valence-electron chi connectivity index (χ3n) is 4.97. The number of rotatable bonds is 6. The van der Waals surface area contributed by atoms with Crippen molar-refractivity contribution in [3.63, 3.8) is 0 Å². The fraction of sp³-hybridized carbons (Fsp3) is 0.143. The molecule has 0 spiro atoms. The van der Waals surface area contributed by atoms with Crippen LogP contribution in [0.3, 0.4) is 0 Å². The highest BCUT2D eigenvalue weighted by Crippen LogP contribution is 2.33. The highest BCUT2D eigenvalue weighted by atomic mass is 35.5. The van der Waals surface area contributed by atoms with Crippen LogP contribution in [0, 0.1) is 5.82 Å². The summed E-state index contributed by atoms with van der Waals surface area (Å²) < 4.78 is 45.8. The Morgan fingerprint density at radius 2 is 1.86 bits per heavy atom. The van der Waals surface area contributed by atoms with Crippen molar-refractivity contribution in [2.75, 3.05) is 12.3 Å². The third-order valence-corrected chi connectivity index (χ3v) is 5.98. The van der Waals surface area contributed by atoms with Crippen molar-refractivity contribution < 1.29 is 23.1 Å². The average molecular weight is 546 g/mol. The molecular weight excluding hydrogens is 532 g/mol. The Morgan fingerprint density at radius 1 is 1.14 bits per heavy atom. The number of nitrogens with zero attached hydrogens (tertiary/aromatic N) is 4. The first-order valence-corrected chi connectivity index (χ1v) is 10.9. The molecular formula is C21H14Cl3F3N6O2. The summed E-state index contributed by atoms with van der Waals surface area (Å²) in [4.78, 5) is 20.2. The van der Waals surface area contributed by atoms with Crippen molar-refractivity contribution in [2.24, 2.45) is 0 Å². The molecule has 1 amide bonds. The van der Waals surface area contributed by atoms with E-state index in [-0.39, 0.29) is 26.7 Å². The molecule has 1 aromatic carbocycles. The van der Waals surface area contributed by atoms with Gasteiger partial charge in [-0.05, 0) is 42.0 Å². The van der Waals surface area contributed by atoms with Gasteiger partial charge in [0.15, 0.2) is 11.8 Å². The first kappa shape index (κ1) is 25.0. The van der Waals surface area contributed by atoms with E-state index in [9.17, 15) is 18.7 Å². The topological polar surface area (TPSA) is 118 Å². The minimum Gasteiger partial charge on any atom is -0.380 e. The number of nitrogens with one attached hydrogen (secondary N) is 1. The van der Waals surface area contributed by atoms with Crippen LogP contribution < -0.4 is 11.1 Å². The fourth-order valence-electron chi connectivity index (χ4n) is 3.23. The van der Waals surface area contributed by atoms with E-state index >= 15 is 4.39 Å². The monoisotopic (exact) mass is 544 g/mol. The normalized spacial score (nSPS) is 12.7. The Balaban J connectivity index is 1.57. The van der Waals surface area contributed by atoms with Crippen molar-refractivity contribution in [1.82, 2.24) is 24.9 Å². The van der Waals surface area contributed by atoms with E-state index in [1.54, 1.807) is 0 Å². The van der Waals surface area contributed by atoms with Crippen LogP contribution in [0.1, 0.15) is 22.2 Å². The maximum absolute atomic E-state index is 15.3. The molecule has 0 saturated heterocycles. The number of aromatic nitrogens is 4. The number of aliphatic hydroxyl groups excluding tert-OH is 1. The van der Waals surface area contributed by atoms with Crippen LogP contribution in [-0.2, 0) is 0 Å². The Bertz CT molecular complexity index is 1450. The number of hydrogen-bond acceptors (Lipinski definition) is 6. The molecule has 4 N–H and O–H groups in total. The summed E-state index contributed by atoms with van der Waals surface area (Å²) in [5.41, 5.74) is 5.05. The van der Waals surface area contributed by atoms with Crippen molar-refractivity contribution in [2.45, 2.75) is 12.0 Å². The first-order chi connectivity index (χ1) is 16.5. The number of alkyl halides is 2. The second-order valence-corrected chi connectivity index (χ2v) is 8.50. The molecule has 3 heterocycles. The maximum Gasteiger partial charge on any atom is 0.295 e. The van der Waals surface area contributed by atoms with Crippen molar-refractivity contribution in [3.8, 4) is 11.1 Å². The number of amides is 1. The molecule has 1 atom stereocenters. The van der Waals surface area contributed by atoms with Crippen LogP contribution >= 0.6 is 34.8 Å². The summed E-state index contributed by atoms with van der Waals surface area (Å²) in [7, 11) is 0. The quantitative estimate of drug-likeness (QED) is 0.306. The SMILES string of the molecule is Nc1nc2cc(-c3ccc(Cl)c(C(=O)NCC(F)(F)[C@H](O)c4ccc(Cl)c(Cl)n4)c3F)ccn2n1. The molecule has 14 heteroatoms. The molecule has 0 bridgehead atoms. The number of halogens is 6. The number of anilines is 1. The third kappa shape index (κ3) is 4.98. The summed E-state index contributed by atoms with van der Waals surface area (Å²) >= 11 is 17.4. The van der Waals surface area contributed by atoms with Crippen LogP contribution in [0.2, 0.25) is 15.2 Å². The van der Waals surface area contributed by atoms with Crippen LogP contribution in [0.5, 0.6) is 0 Å². The molecule has 4 aromatic rings. The number of carbonyl (C=O) groups is 1. The van der Waals surface area contributed by atoms with E-state index in [1.165, 1.54) is 41.0 Å². The van der Waals surface area contributed by atoms with Gasteiger partial charge in [-0.2, -0.15) is 4.98 Å². The van der Waals surface area contributed by atoms with Gasteiger partial charge in [0.25, 0.3) is 11.8 Å². The summed E-state index contributed by atoms with van der Waals surface area (Å²) in [5, 5.41) is 15.3. The summed E-state index contributed by atoms with van der Waals surface area (Å²) in [6.07, 6.45) is -0.938. The maximum atomic E-state index is 15.3.